The van der Waals surface area contributed by atoms with Gasteiger partial charge in [-0.05, 0) is 49.3 Å². The molecular formula is C32H40N4O3. The number of benzene rings is 2. The number of aromatic nitrogens is 1. The van der Waals surface area contributed by atoms with Crippen LogP contribution in [0, 0.1) is 0 Å². The molecule has 7 nitrogen and oxygen atoms in total. The molecule has 0 unspecified atom stereocenters. The van der Waals surface area contributed by atoms with E-state index >= 15 is 0 Å². The zero-order chi connectivity index (χ0) is 27.8. The predicted octanol–water partition coefficient (Wildman–Crippen LogP) is 6.73. The molecule has 1 heterocycles. The molecule has 39 heavy (non-hydrogen) atoms. The van der Waals surface area contributed by atoms with Gasteiger partial charge in [0.2, 0.25) is 5.91 Å². The molecule has 2 aliphatic rings. The van der Waals surface area contributed by atoms with Crippen molar-refractivity contribution in [2.45, 2.75) is 69.9 Å². The topological polar surface area (TPSA) is 97.5 Å². The SMILES string of the molecule is CC(=O)Nc1cnc(-c2ccc(C3(N)CCC3)cc2)c(-c2ccccc2)c1.COC(=O)N(C)C1CCCCC1. The van der Waals surface area contributed by atoms with Gasteiger partial charge in [0, 0.05) is 36.7 Å². The van der Waals surface area contributed by atoms with Crippen molar-refractivity contribution < 1.29 is 14.3 Å². The second-order valence-corrected chi connectivity index (χ2v) is 10.6. The van der Waals surface area contributed by atoms with E-state index in [1.807, 2.05) is 31.3 Å². The van der Waals surface area contributed by atoms with Crippen molar-refractivity contribution in [3.05, 3.63) is 72.4 Å². The Morgan fingerprint density at radius 2 is 1.64 bits per heavy atom. The third-order valence-electron chi connectivity index (χ3n) is 7.86. The normalized spacial score (nSPS) is 16.2. The molecule has 0 saturated heterocycles. The Morgan fingerprint density at radius 3 is 2.21 bits per heavy atom. The summed E-state index contributed by atoms with van der Waals surface area (Å²) in [5.41, 5.74) is 12.1. The molecule has 2 aromatic carbocycles. The van der Waals surface area contributed by atoms with Gasteiger partial charge in [-0.25, -0.2) is 4.79 Å². The predicted molar refractivity (Wildman–Crippen MR) is 156 cm³/mol. The van der Waals surface area contributed by atoms with Gasteiger partial charge in [0.25, 0.3) is 0 Å². The second kappa shape index (κ2) is 12.9. The fourth-order valence-electron chi connectivity index (χ4n) is 5.37. The van der Waals surface area contributed by atoms with Crippen molar-refractivity contribution >= 4 is 17.7 Å². The largest absolute Gasteiger partial charge is 0.453 e. The molecule has 2 fully saturated rings. The third-order valence-corrected chi connectivity index (χ3v) is 7.86. The van der Waals surface area contributed by atoms with E-state index in [0.29, 0.717) is 11.7 Å². The number of hydrogen-bond acceptors (Lipinski definition) is 5. The first kappa shape index (κ1) is 28.3. The molecular weight excluding hydrogens is 488 g/mol. The van der Waals surface area contributed by atoms with Crippen molar-refractivity contribution in [2.24, 2.45) is 5.73 Å². The van der Waals surface area contributed by atoms with Gasteiger partial charge in [0.1, 0.15) is 0 Å². The van der Waals surface area contributed by atoms with Gasteiger partial charge in [-0.3, -0.25) is 9.78 Å². The van der Waals surface area contributed by atoms with Crippen LogP contribution in [0.25, 0.3) is 22.4 Å². The number of nitrogens with two attached hydrogens (primary N) is 1. The number of nitrogens with zero attached hydrogens (tertiary/aromatic N) is 2. The number of amides is 2. The van der Waals surface area contributed by atoms with Crippen LogP contribution in [-0.4, -0.2) is 42.1 Å². The Bertz CT molecular complexity index is 1250. The van der Waals surface area contributed by atoms with E-state index in [-0.39, 0.29) is 17.5 Å². The number of methoxy groups -OCH3 is 1. The minimum Gasteiger partial charge on any atom is -0.453 e. The van der Waals surface area contributed by atoms with Crippen LogP contribution in [0.2, 0.25) is 0 Å². The van der Waals surface area contributed by atoms with Gasteiger partial charge in [-0.2, -0.15) is 0 Å². The van der Waals surface area contributed by atoms with Crippen molar-refractivity contribution in [1.29, 1.82) is 0 Å². The lowest BCUT2D eigenvalue weighted by atomic mass is 9.72. The Morgan fingerprint density at radius 1 is 0.974 bits per heavy atom. The van der Waals surface area contributed by atoms with Crippen LogP contribution in [0.4, 0.5) is 10.5 Å². The van der Waals surface area contributed by atoms with Gasteiger partial charge in [-0.1, -0.05) is 73.9 Å². The Kier molecular flexibility index (Phi) is 9.36. The highest BCUT2D eigenvalue weighted by Crippen LogP contribution is 2.40. The zero-order valence-corrected chi connectivity index (χ0v) is 23.3. The molecule has 0 bridgehead atoms. The van der Waals surface area contributed by atoms with Crippen LogP contribution < -0.4 is 11.1 Å². The van der Waals surface area contributed by atoms with E-state index in [2.05, 4.69) is 51.4 Å². The van der Waals surface area contributed by atoms with Crippen LogP contribution in [-0.2, 0) is 15.1 Å². The monoisotopic (exact) mass is 528 g/mol. The maximum Gasteiger partial charge on any atom is 0.409 e. The molecule has 0 radical (unpaired) electrons. The number of ether oxygens (including phenoxy) is 1. The minimum atomic E-state index is -0.207. The van der Waals surface area contributed by atoms with Crippen LogP contribution in [0.1, 0.15) is 63.9 Å². The minimum absolute atomic E-state index is 0.110. The summed E-state index contributed by atoms with van der Waals surface area (Å²) in [5.74, 6) is -0.110. The molecule has 3 aromatic rings. The average Bonchev–Trinajstić information content (AvgIpc) is 2.96. The number of anilines is 1. The number of hydrogen-bond donors (Lipinski definition) is 2. The molecule has 1 aromatic heterocycles. The van der Waals surface area contributed by atoms with Crippen molar-refractivity contribution in [1.82, 2.24) is 9.88 Å². The summed E-state index contributed by atoms with van der Waals surface area (Å²) in [6.45, 7) is 1.50. The summed E-state index contributed by atoms with van der Waals surface area (Å²) >= 11 is 0. The van der Waals surface area contributed by atoms with E-state index in [1.54, 1.807) is 11.1 Å². The van der Waals surface area contributed by atoms with E-state index in [0.717, 1.165) is 48.1 Å². The standard InChI is InChI=1S/C23H23N3O.C9H17NO2/c1-16(27)26-20-14-21(17-6-3-2-4-7-17)22(25-15-20)18-8-10-19(11-9-18)23(24)12-5-13-23;1-10(9(11)12-2)8-6-4-3-5-7-8/h2-4,6-11,14-15H,5,12-13,24H2,1H3,(H,26,27);8H,3-7H2,1-2H3. The average molecular weight is 529 g/mol. The molecule has 2 aliphatic carbocycles. The number of nitrogens with one attached hydrogen (secondary N) is 1. The molecule has 2 amide bonds. The quantitative estimate of drug-likeness (QED) is 0.383. The first-order valence-corrected chi connectivity index (χ1v) is 13.8. The summed E-state index contributed by atoms with van der Waals surface area (Å²) in [6.07, 6.45) is 10.8. The summed E-state index contributed by atoms with van der Waals surface area (Å²) in [7, 11) is 3.25. The molecule has 7 heteroatoms. The molecule has 0 atom stereocenters. The van der Waals surface area contributed by atoms with Gasteiger partial charge in [-0.15, -0.1) is 0 Å². The molecule has 206 valence electrons. The lowest BCUT2D eigenvalue weighted by molar-refractivity contribution is -0.114. The van der Waals surface area contributed by atoms with E-state index in [4.69, 9.17) is 5.73 Å². The Balaban J connectivity index is 0.000000247. The highest BCUT2D eigenvalue weighted by Gasteiger charge is 2.34. The number of carbonyl (C=O) groups excluding carboxylic acids is 2. The van der Waals surface area contributed by atoms with E-state index < -0.39 is 0 Å². The van der Waals surface area contributed by atoms with Crippen molar-refractivity contribution in [3.8, 4) is 22.4 Å². The molecule has 3 N–H and O–H groups in total. The van der Waals surface area contributed by atoms with Gasteiger partial charge >= 0.3 is 6.09 Å². The van der Waals surface area contributed by atoms with Crippen LogP contribution in [0.15, 0.2) is 66.9 Å². The van der Waals surface area contributed by atoms with Gasteiger partial charge in [0.15, 0.2) is 0 Å². The summed E-state index contributed by atoms with van der Waals surface area (Å²) in [5, 5.41) is 2.82. The van der Waals surface area contributed by atoms with Crippen molar-refractivity contribution in [3.63, 3.8) is 0 Å². The fraction of sp³-hybridized carbons (Fsp3) is 0.406. The van der Waals surface area contributed by atoms with Gasteiger partial charge in [0.05, 0.1) is 24.7 Å². The highest BCUT2D eigenvalue weighted by atomic mass is 16.5. The maximum atomic E-state index is 11.4. The first-order chi connectivity index (χ1) is 18.8. The second-order valence-electron chi connectivity index (χ2n) is 10.6. The first-order valence-electron chi connectivity index (χ1n) is 13.8. The Hall–Kier alpha value is -3.71. The smallest absolute Gasteiger partial charge is 0.409 e. The molecule has 5 rings (SSSR count). The van der Waals surface area contributed by atoms with E-state index in [1.165, 1.54) is 45.3 Å². The lowest BCUT2D eigenvalue weighted by Crippen LogP contribution is -2.43. The summed E-state index contributed by atoms with van der Waals surface area (Å²) in [4.78, 5) is 28.9. The van der Waals surface area contributed by atoms with Crippen LogP contribution in [0.3, 0.4) is 0 Å². The van der Waals surface area contributed by atoms with Crippen molar-refractivity contribution in [2.75, 3.05) is 19.5 Å². The Labute approximate surface area is 231 Å². The number of rotatable bonds is 5. The lowest BCUT2D eigenvalue weighted by Gasteiger charge is -2.38. The van der Waals surface area contributed by atoms with Crippen LogP contribution >= 0.6 is 0 Å². The molecule has 0 aliphatic heterocycles. The maximum absolute atomic E-state index is 11.4. The molecule has 2 saturated carbocycles. The van der Waals surface area contributed by atoms with E-state index in [9.17, 15) is 9.59 Å². The zero-order valence-electron chi connectivity index (χ0n) is 23.3. The highest BCUT2D eigenvalue weighted by molar-refractivity contribution is 5.91. The molecule has 0 spiro atoms. The fourth-order valence-corrected chi connectivity index (χ4v) is 5.37. The van der Waals surface area contributed by atoms with Gasteiger partial charge < -0.3 is 20.7 Å². The van der Waals surface area contributed by atoms with Crippen LogP contribution in [0.5, 0.6) is 0 Å². The summed E-state index contributed by atoms with van der Waals surface area (Å²) in [6, 6.07) is 20.9. The summed E-state index contributed by atoms with van der Waals surface area (Å²) < 4.78 is 4.65. The third kappa shape index (κ3) is 7.03. The number of pyridine rings is 1. The number of carbonyl (C=O) groups is 2.